The van der Waals surface area contributed by atoms with Crippen molar-refractivity contribution in [2.75, 3.05) is 24.2 Å². The smallest absolute Gasteiger partial charge is 0.338 e. The molecule has 0 amide bonds. The van der Waals surface area contributed by atoms with Crippen molar-refractivity contribution in [2.45, 2.75) is 13.3 Å². The van der Waals surface area contributed by atoms with Gasteiger partial charge in [-0.25, -0.2) is 9.78 Å². The summed E-state index contributed by atoms with van der Waals surface area (Å²) >= 11 is 1.58. The summed E-state index contributed by atoms with van der Waals surface area (Å²) in [4.78, 5) is 15.9. The lowest BCUT2D eigenvalue weighted by molar-refractivity contribution is 0.0526. The molecule has 6 heteroatoms. The van der Waals surface area contributed by atoms with Crippen LogP contribution in [0.5, 0.6) is 0 Å². The van der Waals surface area contributed by atoms with Crippen molar-refractivity contribution < 1.29 is 9.53 Å². The fraction of sp³-hybridized carbons (Fsp3) is 0.286. The van der Waals surface area contributed by atoms with E-state index < -0.39 is 0 Å². The van der Waals surface area contributed by atoms with E-state index in [1.807, 2.05) is 10.9 Å². The minimum atomic E-state index is -0.338. The van der Waals surface area contributed by atoms with E-state index in [2.05, 4.69) is 10.3 Å². The highest BCUT2D eigenvalue weighted by Crippen LogP contribution is 2.20. The standard InChI is InChI=1S/C14H17N3O2S/c1-2-19-14(18)10-3-4-12(15)13(7-10)16-6-5-11-8-20-9-17-11/h3-4,7-9,16H,2,5-6,15H2,1H3. The molecule has 106 valence electrons. The van der Waals surface area contributed by atoms with Crippen LogP contribution in [0, 0.1) is 0 Å². The van der Waals surface area contributed by atoms with Gasteiger partial charge in [-0.2, -0.15) is 0 Å². The topological polar surface area (TPSA) is 77.2 Å². The van der Waals surface area contributed by atoms with Gasteiger partial charge in [0.15, 0.2) is 0 Å². The van der Waals surface area contributed by atoms with Gasteiger partial charge in [0.1, 0.15) is 0 Å². The molecular formula is C14H17N3O2S. The number of nitrogens with one attached hydrogen (secondary N) is 1. The number of thiazole rings is 1. The first-order valence-corrected chi connectivity index (χ1v) is 7.32. The lowest BCUT2D eigenvalue weighted by atomic mass is 10.1. The van der Waals surface area contributed by atoms with Gasteiger partial charge < -0.3 is 15.8 Å². The molecule has 2 aromatic rings. The number of hydrogen-bond donors (Lipinski definition) is 2. The largest absolute Gasteiger partial charge is 0.462 e. The Morgan fingerprint density at radius 3 is 3.05 bits per heavy atom. The van der Waals surface area contributed by atoms with Gasteiger partial charge in [0.2, 0.25) is 0 Å². The average molecular weight is 291 g/mol. The monoisotopic (exact) mass is 291 g/mol. The molecule has 0 saturated heterocycles. The molecule has 0 radical (unpaired) electrons. The Bertz CT molecular complexity index is 570. The third-order valence-electron chi connectivity index (χ3n) is 2.74. The number of nitrogens with two attached hydrogens (primary N) is 1. The maximum atomic E-state index is 11.7. The maximum absolute atomic E-state index is 11.7. The van der Waals surface area contributed by atoms with Crippen LogP contribution in [0.2, 0.25) is 0 Å². The highest BCUT2D eigenvalue weighted by atomic mass is 32.1. The first-order valence-electron chi connectivity index (χ1n) is 6.38. The van der Waals surface area contributed by atoms with Gasteiger partial charge in [0.05, 0.1) is 34.7 Å². The van der Waals surface area contributed by atoms with E-state index in [0.717, 1.165) is 17.8 Å². The van der Waals surface area contributed by atoms with Crippen LogP contribution in [0.15, 0.2) is 29.1 Å². The van der Waals surface area contributed by atoms with Crippen molar-refractivity contribution in [3.63, 3.8) is 0 Å². The molecule has 1 heterocycles. The molecule has 2 rings (SSSR count). The van der Waals surface area contributed by atoms with Crippen molar-refractivity contribution in [1.29, 1.82) is 0 Å². The van der Waals surface area contributed by atoms with Crippen LogP contribution in [0.4, 0.5) is 11.4 Å². The Morgan fingerprint density at radius 2 is 2.35 bits per heavy atom. The van der Waals surface area contributed by atoms with Crippen molar-refractivity contribution in [3.05, 3.63) is 40.3 Å². The molecule has 0 spiro atoms. The molecule has 3 N–H and O–H groups in total. The van der Waals surface area contributed by atoms with Crippen molar-refractivity contribution in [2.24, 2.45) is 0 Å². The quantitative estimate of drug-likeness (QED) is 0.632. The van der Waals surface area contributed by atoms with Crippen LogP contribution < -0.4 is 11.1 Å². The Labute approximate surface area is 121 Å². The highest BCUT2D eigenvalue weighted by Gasteiger charge is 2.09. The average Bonchev–Trinajstić information content (AvgIpc) is 2.94. The van der Waals surface area contributed by atoms with Gasteiger partial charge in [0.25, 0.3) is 0 Å². The molecule has 1 aromatic heterocycles. The van der Waals surface area contributed by atoms with Crippen LogP contribution in [0.1, 0.15) is 23.0 Å². The molecule has 0 aliphatic carbocycles. The first kappa shape index (κ1) is 14.3. The molecule has 0 aliphatic heterocycles. The summed E-state index contributed by atoms with van der Waals surface area (Å²) in [5, 5.41) is 5.23. The summed E-state index contributed by atoms with van der Waals surface area (Å²) < 4.78 is 4.97. The summed E-state index contributed by atoms with van der Waals surface area (Å²) in [5.41, 5.74) is 10.6. The molecule has 20 heavy (non-hydrogen) atoms. The number of rotatable bonds is 6. The van der Waals surface area contributed by atoms with E-state index in [9.17, 15) is 4.79 Å². The molecule has 0 aliphatic rings. The summed E-state index contributed by atoms with van der Waals surface area (Å²) in [7, 11) is 0. The molecular weight excluding hydrogens is 274 g/mol. The Balaban J connectivity index is 1.99. The first-order chi connectivity index (χ1) is 9.70. The summed E-state index contributed by atoms with van der Waals surface area (Å²) in [6.07, 6.45) is 0.812. The molecule has 0 unspecified atom stereocenters. The van der Waals surface area contributed by atoms with E-state index >= 15 is 0 Å². The molecule has 0 bridgehead atoms. The second kappa shape index (κ2) is 6.91. The molecule has 0 atom stereocenters. The van der Waals surface area contributed by atoms with Gasteiger partial charge >= 0.3 is 5.97 Å². The zero-order chi connectivity index (χ0) is 14.4. The summed E-state index contributed by atoms with van der Waals surface area (Å²) in [6.45, 7) is 2.85. The number of aromatic nitrogens is 1. The lowest BCUT2D eigenvalue weighted by Crippen LogP contribution is -2.10. The number of hydrogen-bond acceptors (Lipinski definition) is 6. The van der Waals surface area contributed by atoms with E-state index in [-0.39, 0.29) is 5.97 Å². The number of benzene rings is 1. The van der Waals surface area contributed by atoms with Crippen LogP contribution in [0.3, 0.4) is 0 Å². The SMILES string of the molecule is CCOC(=O)c1ccc(N)c(NCCc2cscn2)c1. The lowest BCUT2D eigenvalue weighted by Gasteiger charge is -2.10. The van der Waals surface area contributed by atoms with Gasteiger partial charge in [-0.15, -0.1) is 11.3 Å². The van der Waals surface area contributed by atoms with E-state index in [1.54, 1.807) is 36.5 Å². The summed E-state index contributed by atoms with van der Waals surface area (Å²) in [5.74, 6) is -0.338. The Kier molecular flexibility index (Phi) is 4.95. The number of nitrogen functional groups attached to an aromatic ring is 1. The predicted octanol–water partition coefficient (Wildman–Crippen LogP) is 2.56. The minimum Gasteiger partial charge on any atom is -0.462 e. The van der Waals surface area contributed by atoms with Gasteiger partial charge in [-0.3, -0.25) is 0 Å². The maximum Gasteiger partial charge on any atom is 0.338 e. The fourth-order valence-corrected chi connectivity index (χ4v) is 2.33. The molecule has 1 aromatic carbocycles. The third kappa shape index (κ3) is 3.71. The number of nitrogens with zero attached hydrogens (tertiary/aromatic N) is 1. The van der Waals surface area contributed by atoms with Crippen LogP contribution in [-0.2, 0) is 11.2 Å². The summed E-state index contributed by atoms with van der Waals surface area (Å²) in [6, 6.07) is 5.09. The van der Waals surface area contributed by atoms with E-state index in [4.69, 9.17) is 10.5 Å². The molecule has 5 nitrogen and oxygen atoms in total. The Morgan fingerprint density at radius 1 is 1.50 bits per heavy atom. The number of anilines is 2. The molecule has 0 saturated carbocycles. The zero-order valence-electron chi connectivity index (χ0n) is 11.3. The third-order valence-corrected chi connectivity index (χ3v) is 3.38. The van der Waals surface area contributed by atoms with Gasteiger partial charge in [-0.05, 0) is 25.1 Å². The van der Waals surface area contributed by atoms with E-state index in [1.165, 1.54) is 0 Å². The number of esters is 1. The van der Waals surface area contributed by atoms with Crippen molar-refractivity contribution in [1.82, 2.24) is 4.98 Å². The zero-order valence-corrected chi connectivity index (χ0v) is 12.1. The Hall–Kier alpha value is -2.08. The van der Waals surface area contributed by atoms with Crippen LogP contribution in [-0.4, -0.2) is 24.1 Å². The fourth-order valence-electron chi connectivity index (χ4n) is 1.74. The minimum absolute atomic E-state index is 0.338. The number of ether oxygens (including phenoxy) is 1. The van der Waals surface area contributed by atoms with Crippen molar-refractivity contribution in [3.8, 4) is 0 Å². The van der Waals surface area contributed by atoms with Gasteiger partial charge in [0, 0.05) is 18.3 Å². The number of carbonyl (C=O) groups excluding carboxylic acids is 1. The normalized spacial score (nSPS) is 10.2. The van der Waals surface area contributed by atoms with Crippen molar-refractivity contribution >= 4 is 28.7 Å². The van der Waals surface area contributed by atoms with Gasteiger partial charge in [-0.1, -0.05) is 0 Å². The van der Waals surface area contributed by atoms with Crippen LogP contribution in [0.25, 0.3) is 0 Å². The van der Waals surface area contributed by atoms with E-state index in [0.29, 0.717) is 24.4 Å². The number of carbonyl (C=O) groups is 1. The van der Waals surface area contributed by atoms with Crippen LogP contribution >= 0.6 is 11.3 Å². The second-order valence-electron chi connectivity index (χ2n) is 4.18. The second-order valence-corrected chi connectivity index (χ2v) is 4.90. The highest BCUT2D eigenvalue weighted by molar-refractivity contribution is 7.07. The molecule has 0 fully saturated rings. The predicted molar refractivity (Wildman–Crippen MR) is 81.1 cm³/mol.